The summed E-state index contributed by atoms with van der Waals surface area (Å²) in [5.41, 5.74) is -0.0571. The van der Waals surface area contributed by atoms with Gasteiger partial charge in [0.25, 0.3) is 0 Å². The molecule has 6 nitrogen and oxygen atoms in total. The first-order chi connectivity index (χ1) is 8.19. The molecule has 0 aromatic rings. The standard InChI is InChI=1S/C5H12O6P2S4/c14-8-12(9-15)6-3-5(1-2-5)4-7-13(10-16)11-17/h14-17H,1-4H2. The molecule has 0 aliphatic heterocycles. The summed E-state index contributed by atoms with van der Waals surface area (Å²) in [6, 6.07) is 0. The second-order valence-electron chi connectivity index (χ2n) is 3.32. The van der Waals surface area contributed by atoms with Crippen LogP contribution in [0.1, 0.15) is 12.8 Å². The molecule has 0 atom stereocenters. The fraction of sp³-hybridized carbons (Fsp3) is 1.00. The van der Waals surface area contributed by atoms with Gasteiger partial charge in [-0.3, -0.25) is 0 Å². The minimum atomic E-state index is -1.53. The van der Waals surface area contributed by atoms with Gasteiger partial charge in [-0.25, -0.2) is 15.9 Å². The predicted molar refractivity (Wildman–Crippen MR) is 77.7 cm³/mol. The van der Waals surface area contributed by atoms with Crippen LogP contribution in [0.2, 0.25) is 0 Å². The summed E-state index contributed by atoms with van der Waals surface area (Å²) in [5, 5.41) is 0. The molecule has 1 aliphatic rings. The summed E-state index contributed by atoms with van der Waals surface area (Å²) in [5.74, 6) is 0. The second kappa shape index (κ2) is 9.05. The van der Waals surface area contributed by atoms with E-state index in [1.54, 1.807) is 0 Å². The van der Waals surface area contributed by atoms with Crippen LogP contribution in [0.15, 0.2) is 0 Å². The first-order valence-electron chi connectivity index (χ1n) is 4.32. The van der Waals surface area contributed by atoms with Crippen molar-refractivity contribution in [3.8, 4) is 0 Å². The molecule has 1 saturated carbocycles. The Balaban J connectivity index is 2.22. The van der Waals surface area contributed by atoms with E-state index < -0.39 is 17.2 Å². The van der Waals surface area contributed by atoms with Gasteiger partial charge in [0.2, 0.25) is 0 Å². The molecule has 12 heteroatoms. The van der Waals surface area contributed by atoms with E-state index in [4.69, 9.17) is 9.05 Å². The van der Waals surface area contributed by atoms with Crippen molar-refractivity contribution in [2.75, 3.05) is 13.2 Å². The fourth-order valence-corrected chi connectivity index (χ4v) is 3.30. The molecule has 0 radical (unpaired) electrons. The van der Waals surface area contributed by atoms with Gasteiger partial charge < -0.3 is 9.05 Å². The third kappa shape index (κ3) is 6.33. The Morgan fingerprint density at radius 1 is 0.765 bits per heavy atom. The van der Waals surface area contributed by atoms with E-state index in [0.29, 0.717) is 13.2 Å². The van der Waals surface area contributed by atoms with E-state index in [1.807, 2.05) is 0 Å². The minimum absolute atomic E-state index is 0.0571. The van der Waals surface area contributed by atoms with Crippen LogP contribution in [0.4, 0.5) is 0 Å². The van der Waals surface area contributed by atoms with E-state index in [0.717, 1.165) is 12.8 Å². The highest BCUT2D eigenvalue weighted by Crippen LogP contribution is 2.54. The lowest BCUT2D eigenvalue weighted by Crippen LogP contribution is -2.15. The van der Waals surface area contributed by atoms with Crippen molar-refractivity contribution in [2.24, 2.45) is 5.41 Å². The van der Waals surface area contributed by atoms with Crippen LogP contribution in [0.3, 0.4) is 0 Å². The Morgan fingerprint density at radius 2 is 1.12 bits per heavy atom. The summed E-state index contributed by atoms with van der Waals surface area (Å²) in [6.45, 7) is 0.865. The van der Waals surface area contributed by atoms with Crippen LogP contribution in [-0.4, -0.2) is 13.2 Å². The van der Waals surface area contributed by atoms with Crippen molar-refractivity contribution in [1.82, 2.24) is 0 Å². The molecule has 0 N–H and O–H groups in total. The largest absolute Gasteiger partial charge is 0.356 e. The van der Waals surface area contributed by atoms with Gasteiger partial charge in [0.1, 0.15) is 0 Å². The van der Waals surface area contributed by atoms with Gasteiger partial charge in [0, 0.05) is 5.41 Å². The maximum atomic E-state index is 5.34. The predicted octanol–water partition coefficient (Wildman–Crippen LogP) is 3.70. The molecule has 102 valence electrons. The van der Waals surface area contributed by atoms with Crippen LogP contribution in [0.5, 0.6) is 0 Å². The molecule has 0 bridgehead atoms. The monoisotopic (exact) mass is 358 g/mol. The summed E-state index contributed by atoms with van der Waals surface area (Å²) < 4.78 is 29.2. The van der Waals surface area contributed by atoms with Gasteiger partial charge in [-0.05, 0) is 64.5 Å². The van der Waals surface area contributed by atoms with Gasteiger partial charge >= 0.3 is 17.2 Å². The highest BCUT2D eigenvalue weighted by molar-refractivity contribution is 7.84. The van der Waals surface area contributed by atoms with Crippen LogP contribution >= 0.6 is 68.8 Å². The molecule has 17 heavy (non-hydrogen) atoms. The van der Waals surface area contributed by atoms with E-state index in [-0.39, 0.29) is 5.41 Å². The third-order valence-electron chi connectivity index (χ3n) is 2.18. The minimum Gasteiger partial charge on any atom is -0.310 e. The SMILES string of the molecule is SOP(OS)OCC1(COP(OS)OS)CC1. The molecule has 0 heterocycles. The zero-order chi connectivity index (χ0) is 12.7. The number of hydrogen-bond acceptors (Lipinski definition) is 10. The van der Waals surface area contributed by atoms with Crippen molar-refractivity contribution in [1.29, 1.82) is 0 Å². The second-order valence-corrected chi connectivity index (χ2v) is 7.34. The van der Waals surface area contributed by atoms with Gasteiger partial charge in [-0.1, -0.05) is 0 Å². The van der Waals surface area contributed by atoms with Gasteiger partial charge in [0.05, 0.1) is 13.2 Å². The molecule has 0 unspecified atom stereocenters. The lowest BCUT2D eigenvalue weighted by Gasteiger charge is -2.18. The topological polar surface area (TPSA) is 55.4 Å². The third-order valence-corrected chi connectivity index (χ3v) is 4.99. The van der Waals surface area contributed by atoms with E-state index in [1.165, 1.54) is 0 Å². The van der Waals surface area contributed by atoms with Crippen molar-refractivity contribution in [3.63, 3.8) is 0 Å². The Morgan fingerprint density at radius 3 is 1.35 bits per heavy atom. The molecule has 1 aliphatic carbocycles. The first kappa shape index (κ1) is 17.1. The summed E-state index contributed by atoms with van der Waals surface area (Å²) >= 11 is 14.4. The molecular weight excluding hydrogens is 346 g/mol. The fourth-order valence-electron chi connectivity index (χ4n) is 1.01. The Kier molecular flexibility index (Phi) is 9.09. The van der Waals surface area contributed by atoms with Crippen molar-refractivity contribution in [2.45, 2.75) is 12.8 Å². The number of hydrogen-bond donors (Lipinski definition) is 4. The van der Waals surface area contributed by atoms with Crippen molar-refractivity contribution in [3.05, 3.63) is 0 Å². The molecule has 1 fully saturated rings. The van der Waals surface area contributed by atoms with Crippen LogP contribution in [0.25, 0.3) is 0 Å². The Labute approximate surface area is 125 Å². The number of rotatable bonds is 10. The Hall–Kier alpha value is 2.02. The molecule has 0 aromatic heterocycles. The molecule has 0 saturated heterocycles. The van der Waals surface area contributed by atoms with E-state index in [2.05, 4.69) is 67.5 Å². The maximum Gasteiger partial charge on any atom is 0.356 e. The van der Waals surface area contributed by atoms with Crippen molar-refractivity contribution < 1.29 is 24.9 Å². The van der Waals surface area contributed by atoms with E-state index >= 15 is 0 Å². The van der Waals surface area contributed by atoms with Crippen molar-refractivity contribution >= 4 is 68.8 Å². The van der Waals surface area contributed by atoms with Gasteiger partial charge in [-0.15, -0.1) is 0 Å². The highest BCUT2D eigenvalue weighted by Gasteiger charge is 2.45. The smallest absolute Gasteiger partial charge is 0.310 e. The van der Waals surface area contributed by atoms with Crippen LogP contribution in [-0.2, 0) is 24.9 Å². The average Bonchev–Trinajstić information content (AvgIpc) is 3.12. The summed E-state index contributed by atoms with van der Waals surface area (Å²) in [7, 11) is -3.06. The lowest BCUT2D eigenvalue weighted by molar-refractivity contribution is 0.149. The number of thiol groups is 4. The zero-order valence-corrected chi connectivity index (χ0v) is 13.8. The van der Waals surface area contributed by atoms with E-state index in [9.17, 15) is 0 Å². The average molecular weight is 358 g/mol. The Bertz CT molecular complexity index is 197. The van der Waals surface area contributed by atoms with Gasteiger partial charge in [-0.2, -0.15) is 0 Å². The van der Waals surface area contributed by atoms with Crippen LogP contribution in [0, 0.1) is 5.41 Å². The molecule has 0 amide bonds. The quantitative estimate of drug-likeness (QED) is 0.271. The summed E-state index contributed by atoms with van der Waals surface area (Å²) in [6.07, 6.45) is 1.97. The zero-order valence-electron chi connectivity index (χ0n) is 8.46. The normalized spacial score (nSPS) is 18.0. The lowest BCUT2D eigenvalue weighted by atomic mass is 10.1. The highest BCUT2D eigenvalue weighted by atomic mass is 32.1. The molecule has 1 rings (SSSR count). The van der Waals surface area contributed by atoms with Crippen LogP contribution < -0.4 is 0 Å². The first-order valence-corrected chi connectivity index (χ1v) is 7.97. The van der Waals surface area contributed by atoms with Gasteiger partial charge in [0.15, 0.2) is 0 Å². The molecular formula is C5H12O6P2S4. The summed E-state index contributed by atoms with van der Waals surface area (Å²) in [4.78, 5) is 0. The molecule has 0 spiro atoms. The molecule has 0 aromatic carbocycles. The maximum absolute atomic E-state index is 5.34.